The highest BCUT2D eigenvalue weighted by Crippen LogP contribution is 2.35. The van der Waals surface area contributed by atoms with Crippen LogP contribution in [0, 0.1) is 11.6 Å². The van der Waals surface area contributed by atoms with Gasteiger partial charge in [0.05, 0.1) is 17.7 Å². The van der Waals surface area contributed by atoms with Crippen molar-refractivity contribution in [3.63, 3.8) is 0 Å². The number of amides is 3. The molecule has 2 aliphatic rings. The predicted octanol–water partition coefficient (Wildman–Crippen LogP) is 2.79. The predicted molar refractivity (Wildman–Crippen MR) is 110 cm³/mol. The van der Waals surface area contributed by atoms with Gasteiger partial charge in [-0.3, -0.25) is 19.7 Å². The van der Waals surface area contributed by atoms with Gasteiger partial charge in [-0.1, -0.05) is 6.07 Å². The molecule has 2 aliphatic heterocycles. The van der Waals surface area contributed by atoms with Crippen LogP contribution in [0.5, 0.6) is 0 Å². The average molecular weight is 436 g/mol. The maximum absolute atomic E-state index is 13.8. The molecule has 1 fully saturated rings. The fourth-order valence-corrected chi connectivity index (χ4v) is 4.39. The first-order valence-electron chi connectivity index (χ1n) is 10.1. The van der Waals surface area contributed by atoms with E-state index in [9.17, 15) is 23.2 Å². The Morgan fingerprint density at radius 2 is 1.78 bits per heavy atom. The molecule has 32 heavy (non-hydrogen) atoms. The van der Waals surface area contributed by atoms with Crippen LogP contribution in [0.1, 0.15) is 28.8 Å². The lowest BCUT2D eigenvalue weighted by Gasteiger charge is -2.29. The number of imide groups is 1. The first-order valence-corrected chi connectivity index (χ1v) is 10.1. The van der Waals surface area contributed by atoms with Crippen LogP contribution in [0.4, 0.5) is 8.78 Å². The lowest BCUT2D eigenvalue weighted by molar-refractivity contribution is -0.136. The highest BCUT2D eigenvalue weighted by atomic mass is 19.1. The van der Waals surface area contributed by atoms with Gasteiger partial charge in [-0.15, -0.1) is 0 Å². The molecule has 5 rings (SSSR count). The minimum Gasteiger partial charge on any atom is -0.333 e. The maximum atomic E-state index is 13.8. The number of fused-ring (bicyclic) bond motifs is 1. The zero-order valence-corrected chi connectivity index (χ0v) is 17.1. The van der Waals surface area contributed by atoms with E-state index in [2.05, 4.69) is 10.3 Å². The summed E-state index contributed by atoms with van der Waals surface area (Å²) >= 11 is 0. The van der Waals surface area contributed by atoms with Gasteiger partial charge in [-0.2, -0.15) is 0 Å². The fraction of sp³-hybridized carbons (Fsp3) is 0.217. The lowest BCUT2D eigenvalue weighted by Crippen LogP contribution is -2.52. The van der Waals surface area contributed by atoms with E-state index in [1.165, 1.54) is 17.0 Å². The smallest absolute Gasteiger partial charge is 0.255 e. The normalized spacial score (nSPS) is 18.2. The molecule has 1 aromatic heterocycles. The van der Waals surface area contributed by atoms with Crippen LogP contribution in [-0.2, 0) is 23.2 Å². The number of nitrogens with zero attached hydrogens (tertiary/aromatic N) is 3. The standard InChI is InChI=1S/C23H18F2N4O3/c1-28-11-26-20(21(28)13-7-15(24)9-16(25)8-13)12-2-3-17-14(6-12)10-29(23(17)32)18-4-5-19(30)27-22(18)31/h2-3,6-9,11,18H,4-5,10H2,1H3,(H,27,30,31). The number of rotatable bonds is 3. The Labute approximate surface area is 181 Å². The van der Waals surface area contributed by atoms with E-state index in [1.807, 2.05) is 0 Å². The SMILES string of the molecule is Cn1cnc(-c2ccc3c(c2)CN(C2CCC(=O)NC2=O)C3=O)c1-c1cc(F)cc(F)c1. The number of carbonyl (C=O) groups is 3. The third-order valence-electron chi connectivity index (χ3n) is 5.87. The van der Waals surface area contributed by atoms with Crippen molar-refractivity contribution in [3.05, 3.63) is 65.5 Å². The molecule has 1 saturated heterocycles. The van der Waals surface area contributed by atoms with Crippen molar-refractivity contribution < 1.29 is 23.2 Å². The number of benzene rings is 2. The molecular weight excluding hydrogens is 418 g/mol. The molecule has 0 aliphatic carbocycles. The zero-order chi connectivity index (χ0) is 22.6. The Morgan fingerprint density at radius 3 is 2.50 bits per heavy atom. The average Bonchev–Trinajstić information content (AvgIpc) is 3.27. The largest absolute Gasteiger partial charge is 0.333 e. The van der Waals surface area contributed by atoms with E-state index in [0.29, 0.717) is 28.1 Å². The van der Waals surface area contributed by atoms with Crippen LogP contribution in [0.3, 0.4) is 0 Å². The molecule has 1 atom stereocenters. The Kier molecular flexibility index (Phi) is 4.61. The summed E-state index contributed by atoms with van der Waals surface area (Å²) in [6.45, 7) is 0.227. The second-order valence-electron chi connectivity index (χ2n) is 7.98. The number of piperidine rings is 1. The number of carbonyl (C=O) groups excluding carboxylic acids is 3. The van der Waals surface area contributed by atoms with E-state index >= 15 is 0 Å². The van der Waals surface area contributed by atoms with E-state index < -0.39 is 23.6 Å². The van der Waals surface area contributed by atoms with Crippen LogP contribution >= 0.6 is 0 Å². The van der Waals surface area contributed by atoms with E-state index in [1.54, 1.807) is 36.1 Å². The molecule has 0 saturated carbocycles. The molecule has 3 aromatic rings. The summed E-state index contributed by atoms with van der Waals surface area (Å²) in [5.74, 6) is -2.45. The number of aryl methyl sites for hydroxylation is 1. The monoisotopic (exact) mass is 436 g/mol. The fourth-order valence-electron chi connectivity index (χ4n) is 4.39. The van der Waals surface area contributed by atoms with Gasteiger partial charge in [0.1, 0.15) is 17.7 Å². The van der Waals surface area contributed by atoms with E-state index in [-0.39, 0.29) is 31.2 Å². The van der Waals surface area contributed by atoms with Crippen LogP contribution in [0.15, 0.2) is 42.7 Å². The molecule has 0 spiro atoms. The van der Waals surface area contributed by atoms with Gasteiger partial charge >= 0.3 is 0 Å². The molecule has 1 N–H and O–H groups in total. The van der Waals surface area contributed by atoms with Gasteiger partial charge in [0.15, 0.2) is 0 Å². The van der Waals surface area contributed by atoms with Gasteiger partial charge in [-0.05, 0) is 36.2 Å². The van der Waals surface area contributed by atoms with E-state index in [0.717, 1.165) is 11.6 Å². The quantitative estimate of drug-likeness (QED) is 0.640. The van der Waals surface area contributed by atoms with Gasteiger partial charge in [0, 0.05) is 42.8 Å². The van der Waals surface area contributed by atoms with Crippen LogP contribution in [0.2, 0.25) is 0 Å². The van der Waals surface area contributed by atoms with E-state index in [4.69, 9.17) is 0 Å². The van der Waals surface area contributed by atoms with Crippen LogP contribution in [-0.4, -0.2) is 38.2 Å². The summed E-state index contributed by atoms with van der Waals surface area (Å²) in [5.41, 5.74) is 3.29. The second kappa shape index (κ2) is 7.37. The second-order valence-corrected chi connectivity index (χ2v) is 7.98. The topological polar surface area (TPSA) is 84.3 Å². The highest BCUT2D eigenvalue weighted by Gasteiger charge is 2.39. The Balaban J connectivity index is 1.51. The van der Waals surface area contributed by atoms with Crippen molar-refractivity contribution in [3.8, 4) is 22.5 Å². The van der Waals surface area contributed by atoms with Crippen molar-refractivity contribution in [2.24, 2.45) is 7.05 Å². The molecule has 2 aromatic carbocycles. The first-order chi connectivity index (χ1) is 15.3. The molecule has 9 heteroatoms. The number of imidazole rings is 1. The van der Waals surface area contributed by atoms with Crippen molar-refractivity contribution in [2.75, 3.05) is 0 Å². The third-order valence-corrected chi connectivity index (χ3v) is 5.87. The molecule has 3 heterocycles. The minimum atomic E-state index is -0.697. The van der Waals surface area contributed by atoms with Crippen molar-refractivity contribution in [1.29, 1.82) is 0 Å². The number of nitrogens with one attached hydrogen (secondary N) is 1. The number of aromatic nitrogens is 2. The van der Waals surface area contributed by atoms with Gasteiger partial charge < -0.3 is 9.47 Å². The van der Waals surface area contributed by atoms with Crippen LogP contribution in [0.25, 0.3) is 22.5 Å². The van der Waals surface area contributed by atoms with Crippen LogP contribution < -0.4 is 5.32 Å². The summed E-state index contributed by atoms with van der Waals surface area (Å²) in [5, 5.41) is 2.28. The number of hydrogen-bond acceptors (Lipinski definition) is 4. The molecule has 1 unspecified atom stereocenters. The Morgan fingerprint density at radius 1 is 1.03 bits per heavy atom. The molecule has 0 radical (unpaired) electrons. The molecule has 162 valence electrons. The molecular formula is C23H18F2N4O3. The number of hydrogen-bond donors (Lipinski definition) is 1. The highest BCUT2D eigenvalue weighted by molar-refractivity contribution is 6.05. The maximum Gasteiger partial charge on any atom is 0.255 e. The lowest BCUT2D eigenvalue weighted by atomic mass is 10.0. The van der Waals surface area contributed by atoms with Gasteiger partial charge in [0.2, 0.25) is 11.8 Å². The summed E-state index contributed by atoms with van der Waals surface area (Å²) in [7, 11) is 1.73. The van der Waals surface area contributed by atoms with Crippen molar-refractivity contribution in [2.45, 2.75) is 25.4 Å². The molecule has 3 amide bonds. The zero-order valence-electron chi connectivity index (χ0n) is 17.1. The first kappa shape index (κ1) is 20.0. The molecule has 7 nitrogen and oxygen atoms in total. The summed E-state index contributed by atoms with van der Waals surface area (Å²) < 4.78 is 29.3. The summed E-state index contributed by atoms with van der Waals surface area (Å²) in [6.07, 6.45) is 2.03. The number of halogens is 2. The minimum absolute atomic E-state index is 0.184. The molecule has 0 bridgehead atoms. The van der Waals surface area contributed by atoms with Crippen molar-refractivity contribution in [1.82, 2.24) is 19.8 Å². The summed E-state index contributed by atoms with van der Waals surface area (Å²) in [4.78, 5) is 42.5. The third kappa shape index (κ3) is 3.26. The Hall–Kier alpha value is -3.88. The van der Waals surface area contributed by atoms with Gasteiger partial charge in [-0.25, -0.2) is 13.8 Å². The Bertz CT molecular complexity index is 1280. The van der Waals surface area contributed by atoms with Gasteiger partial charge in [0.25, 0.3) is 5.91 Å². The summed E-state index contributed by atoms with van der Waals surface area (Å²) in [6, 6.07) is 7.80. The van der Waals surface area contributed by atoms with Crippen molar-refractivity contribution >= 4 is 17.7 Å².